The Hall–Kier alpha value is -0.120. The molecule has 18 heavy (non-hydrogen) atoms. The molecule has 1 N–H and O–H groups in total. The zero-order chi connectivity index (χ0) is 12.9. The van der Waals surface area contributed by atoms with Gasteiger partial charge in [0.05, 0.1) is 23.4 Å². The van der Waals surface area contributed by atoms with Crippen LogP contribution in [-0.2, 0) is 9.47 Å². The molecule has 2 heterocycles. The zero-order valence-corrected chi connectivity index (χ0v) is 11.7. The summed E-state index contributed by atoms with van der Waals surface area (Å²) >= 11 is 0. The maximum absolute atomic E-state index is 11.0. The monoisotopic (exact) mass is 254 g/mol. The van der Waals surface area contributed by atoms with Crippen LogP contribution in [-0.4, -0.2) is 35.1 Å². The summed E-state index contributed by atoms with van der Waals surface area (Å²) < 4.78 is 11.7. The Kier molecular flexibility index (Phi) is 3.00. The van der Waals surface area contributed by atoms with Crippen molar-refractivity contribution in [1.82, 2.24) is 0 Å². The van der Waals surface area contributed by atoms with Crippen LogP contribution >= 0.6 is 0 Å². The summed E-state index contributed by atoms with van der Waals surface area (Å²) in [6.07, 6.45) is 7.30. The van der Waals surface area contributed by atoms with Gasteiger partial charge in [0.2, 0.25) is 0 Å². The van der Waals surface area contributed by atoms with Crippen molar-refractivity contribution in [2.75, 3.05) is 13.2 Å². The fraction of sp³-hybridized carbons (Fsp3) is 1.00. The molecule has 0 aromatic carbocycles. The van der Waals surface area contributed by atoms with Gasteiger partial charge in [0.1, 0.15) is 0 Å². The average Bonchev–Trinajstić information content (AvgIpc) is 2.25. The minimum Gasteiger partial charge on any atom is -0.389 e. The van der Waals surface area contributed by atoms with Gasteiger partial charge in [-0.25, -0.2) is 0 Å². The molecule has 3 rings (SSSR count). The quantitative estimate of drug-likeness (QED) is 0.782. The van der Waals surface area contributed by atoms with E-state index in [1.165, 1.54) is 19.3 Å². The lowest BCUT2D eigenvalue weighted by atomic mass is 9.65. The van der Waals surface area contributed by atoms with Crippen molar-refractivity contribution >= 4 is 0 Å². The van der Waals surface area contributed by atoms with Crippen LogP contribution in [0.2, 0.25) is 0 Å². The highest BCUT2D eigenvalue weighted by Crippen LogP contribution is 2.49. The normalized spacial score (nSPS) is 42.5. The van der Waals surface area contributed by atoms with Gasteiger partial charge < -0.3 is 14.6 Å². The van der Waals surface area contributed by atoms with Crippen LogP contribution < -0.4 is 0 Å². The Morgan fingerprint density at radius 3 is 2.44 bits per heavy atom. The molecule has 104 valence electrons. The predicted octanol–water partition coefficient (Wildman–Crippen LogP) is 2.66. The lowest BCUT2D eigenvalue weighted by molar-refractivity contribution is -0.211. The summed E-state index contributed by atoms with van der Waals surface area (Å²) in [6.45, 7) is 5.70. The van der Waals surface area contributed by atoms with Gasteiger partial charge in [-0.1, -0.05) is 0 Å². The molecule has 0 amide bonds. The molecule has 2 unspecified atom stereocenters. The number of hydrogen-bond acceptors (Lipinski definition) is 3. The fourth-order valence-electron chi connectivity index (χ4n) is 4.14. The first kappa shape index (κ1) is 12.9. The first-order valence-electron chi connectivity index (χ1n) is 7.44. The number of rotatable bonds is 1. The number of hydrogen-bond donors (Lipinski definition) is 1. The second-order valence-corrected chi connectivity index (χ2v) is 7.21. The molecule has 3 aliphatic rings. The molecule has 1 saturated carbocycles. The summed E-state index contributed by atoms with van der Waals surface area (Å²) in [5.74, 6) is 0.398. The third kappa shape index (κ3) is 2.21. The SMILES string of the molecule is CC1(C)CC(O)(C2CCOC3(CCC3)C2)CCO1. The number of aliphatic hydroxyl groups is 1. The van der Waals surface area contributed by atoms with Crippen LogP contribution in [0.1, 0.15) is 58.8 Å². The van der Waals surface area contributed by atoms with Gasteiger partial charge in [-0.2, -0.15) is 0 Å². The molecule has 3 fully saturated rings. The van der Waals surface area contributed by atoms with Crippen LogP contribution in [0, 0.1) is 5.92 Å². The van der Waals surface area contributed by atoms with E-state index in [0.29, 0.717) is 12.5 Å². The van der Waals surface area contributed by atoms with Crippen LogP contribution in [0.5, 0.6) is 0 Å². The largest absolute Gasteiger partial charge is 0.389 e. The van der Waals surface area contributed by atoms with Gasteiger partial charge in [0.15, 0.2) is 0 Å². The van der Waals surface area contributed by atoms with Crippen LogP contribution in [0.15, 0.2) is 0 Å². The van der Waals surface area contributed by atoms with Crippen molar-refractivity contribution in [2.24, 2.45) is 5.92 Å². The second-order valence-electron chi connectivity index (χ2n) is 7.21. The molecule has 2 saturated heterocycles. The van der Waals surface area contributed by atoms with Gasteiger partial charge in [-0.05, 0) is 58.3 Å². The Bertz CT molecular complexity index is 322. The van der Waals surface area contributed by atoms with Crippen LogP contribution in [0.4, 0.5) is 0 Å². The van der Waals surface area contributed by atoms with Crippen LogP contribution in [0.3, 0.4) is 0 Å². The van der Waals surface area contributed by atoms with Crippen molar-refractivity contribution in [3.63, 3.8) is 0 Å². The zero-order valence-electron chi connectivity index (χ0n) is 11.7. The van der Waals surface area contributed by atoms with Crippen molar-refractivity contribution in [2.45, 2.75) is 75.6 Å². The summed E-state index contributed by atoms with van der Waals surface area (Å²) in [7, 11) is 0. The lowest BCUT2D eigenvalue weighted by Gasteiger charge is -2.53. The highest BCUT2D eigenvalue weighted by atomic mass is 16.5. The van der Waals surface area contributed by atoms with E-state index in [1.54, 1.807) is 0 Å². The smallest absolute Gasteiger partial charge is 0.0726 e. The van der Waals surface area contributed by atoms with Crippen molar-refractivity contribution in [3.05, 3.63) is 0 Å². The molecule has 2 aliphatic heterocycles. The van der Waals surface area contributed by atoms with Gasteiger partial charge in [-0.3, -0.25) is 0 Å². The minimum atomic E-state index is -0.534. The van der Waals surface area contributed by atoms with Crippen molar-refractivity contribution in [3.8, 4) is 0 Å². The van der Waals surface area contributed by atoms with E-state index in [4.69, 9.17) is 9.47 Å². The van der Waals surface area contributed by atoms with E-state index in [1.807, 2.05) is 0 Å². The summed E-state index contributed by atoms with van der Waals surface area (Å²) in [6, 6.07) is 0. The topological polar surface area (TPSA) is 38.7 Å². The maximum Gasteiger partial charge on any atom is 0.0726 e. The standard InChI is InChI=1S/C15H26O3/c1-13(2)11-15(16,7-9-17-13)12-4-8-18-14(10-12)5-3-6-14/h12,16H,3-11H2,1-2H3. The van der Waals surface area contributed by atoms with E-state index in [2.05, 4.69) is 13.8 Å². The molecule has 2 atom stereocenters. The highest BCUT2D eigenvalue weighted by Gasteiger charge is 2.51. The van der Waals surface area contributed by atoms with Crippen LogP contribution in [0.25, 0.3) is 0 Å². The molecule has 1 spiro atoms. The van der Waals surface area contributed by atoms with Gasteiger partial charge in [0, 0.05) is 13.0 Å². The predicted molar refractivity (Wildman–Crippen MR) is 69.5 cm³/mol. The molecule has 1 aliphatic carbocycles. The first-order valence-corrected chi connectivity index (χ1v) is 7.44. The summed E-state index contributed by atoms with van der Waals surface area (Å²) in [4.78, 5) is 0. The maximum atomic E-state index is 11.0. The number of ether oxygens (including phenoxy) is 2. The van der Waals surface area contributed by atoms with E-state index in [9.17, 15) is 5.11 Å². The Morgan fingerprint density at radius 1 is 1.06 bits per heavy atom. The molecular weight excluding hydrogens is 228 g/mol. The Morgan fingerprint density at radius 2 is 1.83 bits per heavy atom. The van der Waals surface area contributed by atoms with Gasteiger partial charge >= 0.3 is 0 Å². The Labute approximate surface area is 110 Å². The lowest BCUT2D eigenvalue weighted by Crippen LogP contribution is -2.56. The molecule has 0 bridgehead atoms. The van der Waals surface area contributed by atoms with E-state index >= 15 is 0 Å². The van der Waals surface area contributed by atoms with E-state index in [0.717, 1.165) is 32.3 Å². The van der Waals surface area contributed by atoms with E-state index < -0.39 is 5.60 Å². The molecule has 0 aromatic heterocycles. The van der Waals surface area contributed by atoms with E-state index in [-0.39, 0.29) is 11.2 Å². The van der Waals surface area contributed by atoms with Gasteiger partial charge in [0.25, 0.3) is 0 Å². The Balaban J connectivity index is 1.72. The molecule has 0 aromatic rings. The van der Waals surface area contributed by atoms with Crippen molar-refractivity contribution in [1.29, 1.82) is 0 Å². The molecular formula is C15H26O3. The first-order chi connectivity index (χ1) is 8.43. The molecule has 3 nitrogen and oxygen atoms in total. The molecule has 3 heteroatoms. The third-order valence-corrected chi connectivity index (χ3v) is 5.28. The summed E-state index contributed by atoms with van der Waals surface area (Å²) in [5, 5.41) is 11.0. The second kappa shape index (κ2) is 4.19. The van der Waals surface area contributed by atoms with Crippen molar-refractivity contribution < 1.29 is 14.6 Å². The highest BCUT2D eigenvalue weighted by molar-refractivity contribution is 5.02. The summed E-state index contributed by atoms with van der Waals surface area (Å²) in [5.41, 5.74) is -0.590. The average molecular weight is 254 g/mol. The third-order valence-electron chi connectivity index (χ3n) is 5.28. The fourth-order valence-corrected chi connectivity index (χ4v) is 4.14. The minimum absolute atomic E-state index is 0.126. The molecule has 0 radical (unpaired) electrons. The van der Waals surface area contributed by atoms with Gasteiger partial charge in [-0.15, -0.1) is 0 Å².